The van der Waals surface area contributed by atoms with Gasteiger partial charge in [0.1, 0.15) is 23.5 Å². The van der Waals surface area contributed by atoms with E-state index < -0.39 is 37.2 Å². The van der Waals surface area contributed by atoms with Crippen LogP contribution in [-0.4, -0.2) is 83.5 Å². The molecule has 0 spiro atoms. The predicted molar refractivity (Wildman–Crippen MR) is 209 cm³/mol. The molecule has 2 aliphatic carbocycles. The maximum atomic E-state index is 13.6. The van der Waals surface area contributed by atoms with Gasteiger partial charge in [-0.1, -0.05) is 24.3 Å². The van der Waals surface area contributed by atoms with Crippen LogP contribution in [0.25, 0.3) is 11.1 Å². The van der Waals surface area contributed by atoms with Crippen LogP contribution in [0.15, 0.2) is 60.9 Å². The summed E-state index contributed by atoms with van der Waals surface area (Å²) < 4.78 is 9.50. The van der Waals surface area contributed by atoms with Gasteiger partial charge in [-0.05, 0) is 120 Å². The third kappa shape index (κ3) is 9.28. The molecule has 0 saturated heterocycles. The minimum atomic E-state index is -0.863. The number of amides is 2. The summed E-state index contributed by atoms with van der Waals surface area (Å²) >= 11 is 0. The number of nitrogens with one attached hydrogen (secondary N) is 4. The number of pyridine rings is 2. The van der Waals surface area contributed by atoms with Crippen LogP contribution in [-0.2, 0) is 32.2 Å². The van der Waals surface area contributed by atoms with Crippen molar-refractivity contribution in [3.8, 4) is 11.1 Å². The molecule has 56 heavy (non-hydrogen) atoms. The Morgan fingerprint density at radius 2 is 1.07 bits per heavy atom. The Morgan fingerprint density at radius 3 is 1.41 bits per heavy atom. The first-order valence-corrected chi connectivity index (χ1v) is 18.7. The number of aromatic nitrogens is 2. The number of benzene rings is 2. The third-order valence-corrected chi connectivity index (χ3v) is 10.4. The predicted octanol–water partition coefficient (Wildman–Crippen LogP) is 4.27. The molecule has 2 fully saturated rings. The zero-order valence-electron chi connectivity index (χ0n) is 32.0. The van der Waals surface area contributed by atoms with Gasteiger partial charge in [0.2, 0.25) is 0 Å². The second-order valence-electron chi connectivity index (χ2n) is 14.2. The summed E-state index contributed by atoms with van der Waals surface area (Å²) in [6, 6.07) is 13.2. The summed E-state index contributed by atoms with van der Waals surface area (Å²) in [5.74, 6) is -1.24. The van der Waals surface area contributed by atoms with E-state index in [1.807, 2.05) is 50.2 Å². The normalized spacial score (nSPS) is 14.8. The largest absolute Gasteiger partial charge is 0.468 e. The van der Waals surface area contributed by atoms with Crippen molar-refractivity contribution in [1.82, 2.24) is 20.6 Å². The van der Waals surface area contributed by atoms with Gasteiger partial charge in [0, 0.05) is 36.9 Å². The average Bonchev–Trinajstić information content (AvgIpc) is 4.15. The zero-order valence-corrected chi connectivity index (χ0v) is 32.0. The molecule has 14 nitrogen and oxygen atoms in total. The first kappa shape index (κ1) is 40.1. The van der Waals surface area contributed by atoms with E-state index in [1.165, 1.54) is 14.2 Å². The van der Waals surface area contributed by atoms with Crippen LogP contribution >= 0.6 is 0 Å². The number of nitrogens with zero attached hydrogens (tertiary/aromatic N) is 2. The Balaban J connectivity index is 1.16. The van der Waals surface area contributed by atoms with Gasteiger partial charge in [0.05, 0.1) is 27.4 Å². The Kier molecular flexibility index (Phi) is 12.9. The first-order chi connectivity index (χ1) is 27.1. The lowest BCUT2D eigenvalue weighted by atomic mass is 9.94. The molecule has 2 atom stereocenters. The van der Waals surface area contributed by atoms with Crippen molar-refractivity contribution >= 4 is 35.1 Å². The molecular formula is C42H48N6O8. The minimum Gasteiger partial charge on any atom is -0.468 e. The van der Waals surface area contributed by atoms with E-state index in [4.69, 9.17) is 9.47 Å². The van der Waals surface area contributed by atoms with Crippen molar-refractivity contribution in [1.29, 1.82) is 0 Å². The summed E-state index contributed by atoms with van der Waals surface area (Å²) in [4.78, 5) is 59.9. The molecule has 0 radical (unpaired) electrons. The van der Waals surface area contributed by atoms with Gasteiger partial charge in [-0.15, -0.1) is 0 Å². The van der Waals surface area contributed by atoms with E-state index in [1.54, 1.807) is 24.5 Å². The highest BCUT2D eigenvalue weighted by Gasteiger charge is 2.30. The molecule has 2 aromatic carbocycles. The Morgan fingerprint density at radius 1 is 0.679 bits per heavy atom. The average molecular weight is 765 g/mol. The molecule has 0 unspecified atom stereocenters. The number of carbonyl (C=O) groups excluding carboxylic acids is 4. The lowest BCUT2D eigenvalue weighted by molar-refractivity contribution is -0.145. The van der Waals surface area contributed by atoms with E-state index in [0.717, 1.165) is 70.2 Å². The molecular weight excluding hydrogens is 716 g/mol. The fraction of sp³-hybridized carbons (Fsp3) is 0.381. The van der Waals surface area contributed by atoms with Crippen LogP contribution in [0.3, 0.4) is 0 Å². The number of esters is 2. The summed E-state index contributed by atoms with van der Waals surface area (Å²) in [5, 5.41) is 31.3. The lowest BCUT2D eigenvalue weighted by Gasteiger charge is -2.18. The number of carbonyl (C=O) groups is 4. The van der Waals surface area contributed by atoms with Crippen LogP contribution in [0, 0.1) is 13.8 Å². The number of rotatable bonds is 17. The number of aliphatic hydroxyl groups excluding tert-OH is 2. The molecule has 0 aliphatic heterocycles. The number of anilines is 2. The van der Waals surface area contributed by atoms with E-state index in [2.05, 4.69) is 31.2 Å². The van der Waals surface area contributed by atoms with Gasteiger partial charge in [-0.25, -0.2) is 0 Å². The Bertz CT molecular complexity index is 1970. The van der Waals surface area contributed by atoms with E-state index in [9.17, 15) is 29.4 Å². The molecule has 2 heterocycles. The maximum absolute atomic E-state index is 13.6. The standard InChI is InChI=1S/C42H48N6O8/c1-23-29(7-5-9-33(23)47-39(51)35-15-31(25-11-12-25)27(17-43-35)19-45-37(21-49)41(53)55-3)30-8-6-10-34(24(30)2)48-40(52)36-16-32(26-13-14-26)28(18-44-36)20-46-38(22-50)42(54)56-4/h5-10,15-18,25-26,37-38,45-46,49-50H,11-14,19-22H2,1-4H3,(H,47,51)(H,48,52)/t37-,38-/m1/s1. The van der Waals surface area contributed by atoms with Crippen LogP contribution < -0.4 is 21.3 Å². The molecule has 2 saturated carbocycles. The van der Waals surface area contributed by atoms with Crippen molar-refractivity contribution < 1.29 is 38.9 Å². The summed E-state index contributed by atoms with van der Waals surface area (Å²) in [5.41, 5.74) is 8.89. The molecule has 2 amide bonds. The fourth-order valence-corrected chi connectivity index (χ4v) is 6.79. The first-order valence-electron chi connectivity index (χ1n) is 18.7. The van der Waals surface area contributed by atoms with Gasteiger partial charge in [-0.3, -0.25) is 39.8 Å². The number of hydrogen-bond acceptors (Lipinski definition) is 12. The van der Waals surface area contributed by atoms with Crippen LogP contribution in [0.5, 0.6) is 0 Å². The molecule has 2 aromatic heterocycles. The lowest BCUT2D eigenvalue weighted by Crippen LogP contribution is -2.40. The van der Waals surface area contributed by atoms with E-state index >= 15 is 0 Å². The highest BCUT2D eigenvalue weighted by atomic mass is 16.5. The topological polar surface area (TPSA) is 201 Å². The van der Waals surface area contributed by atoms with Crippen LogP contribution in [0.4, 0.5) is 11.4 Å². The zero-order chi connectivity index (χ0) is 39.9. The second kappa shape index (κ2) is 17.9. The number of aliphatic hydroxyl groups is 2. The SMILES string of the molecule is COC(=O)[C@@H](CO)NCc1cnc(C(=O)Nc2cccc(-c3cccc(NC(=O)c4cc(C5CC5)c(CN[C@H](CO)C(=O)OC)cn4)c3C)c2C)cc1C1CC1. The van der Waals surface area contributed by atoms with Crippen LogP contribution in [0.2, 0.25) is 0 Å². The summed E-state index contributed by atoms with van der Waals surface area (Å²) in [6.45, 7) is 3.63. The van der Waals surface area contributed by atoms with E-state index in [-0.39, 0.29) is 36.3 Å². The Hall–Kier alpha value is -5.54. The number of hydrogen-bond donors (Lipinski definition) is 6. The summed E-state index contributed by atoms with van der Waals surface area (Å²) in [7, 11) is 2.54. The highest BCUT2D eigenvalue weighted by molar-refractivity contribution is 6.05. The number of methoxy groups -OCH3 is 2. The van der Waals surface area contributed by atoms with Crippen LogP contribution in [0.1, 0.15) is 91.9 Å². The second-order valence-corrected chi connectivity index (χ2v) is 14.2. The molecule has 6 rings (SSSR count). The van der Waals surface area contributed by atoms with Crippen molar-refractivity contribution in [2.75, 3.05) is 38.1 Å². The monoisotopic (exact) mass is 764 g/mol. The van der Waals surface area contributed by atoms with Gasteiger partial charge in [0.15, 0.2) is 0 Å². The quantitative estimate of drug-likeness (QED) is 0.0836. The maximum Gasteiger partial charge on any atom is 0.325 e. The van der Waals surface area contributed by atoms with E-state index in [0.29, 0.717) is 23.2 Å². The highest BCUT2D eigenvalue weighted by Crippen LogP contribution is 2.43. The van der Waals surface area contributed by atoms with Gasteiger partial charge in [-0.2, -0.15) is 0 Å². The molecule has 0 bridgehead atoms. The van der Waals surface area contributed by atoms with Crippen molar-refractivity contribution in [2.24, 2.45) is 0 Å². The van der Waals surface area contributed by atoms with Crippen molar-refractivity contribution in [3.05, 3.63) is 106 Å². The third-order valence-electron chi connectivity index (χ3n) is 10.4. The summed E-state index contributed by atoms with van der Waals surface area (Å²) in [6.07, 6.45) is 7.25. The Labute approximate surface area is 325 Å². The van der Waals surface area contributed by atoms with Gasteiger partial charge in [0.25, 0.3) is 11.8 Å². The fourth-order valence-electron chi connectivity index (χ4n) is 6.79. The molecule has 14 heteroatoms. The minimum absolute atomic E-state index is 0.270. The molecule has 2 aliphatic rings. The van der Waals surface area contributed by atoms with Gasteiger partial charge < -0.3 is 30.3 Å². The van der Waals surface area contributed by atoms with Crippen molar-refractivity contribution in [3.63, 3.8) is 0 Å². The molecule has 6 N–H and O–H groups in total. The molecule has 294 valence electrons. The van der Waals surface area contributed by atoms with Gasteiger partial charge >= 0.3 is 11.9 Å². The smallest absolute Gasteiger partial charge is 0.325 e. The molecule has 4 aromatic rings. The number of ether oxygens (including phenoxy) is 2. The van der Waals surface area contributed by atoms with Crippen molar-refractivity contribution in [2.45, 2.75) is 76.5 Å².